The smallest absolute Gasteiger partial charge is 0.224 e. The zero-order chi connectivity index (χ0) is 14.7. The number of nitrogens with two attached hydrogens (primary N) is 1. The third kappa shape index (κ3) is 3.15. The van der Waals surface area contributed by atoms with Gasteiger partial charge in [-0.1, -0.05) is 0 Å². The van der Waals surface area contributed by atoms with Crippen molar-refractivity contribution < 1.29 is 9.53 Å². The van der Waals surface area contributed by atoms with Crippen molar-refractivity contribution in [3.05, 3.63) is 0 Å². The predicted molar refractivity (Wildman–Crippen MR) is 81.3 cm³/mol. The monoisotopic (exact) mass is 298 g/mol. The summed E-state index contributed by atoms with van der Waals surface area (Å²) in [5, 5.41) is 3.66. The summed E-state index contributed by atoms with van der Waals surface area (Å²) in [6.45, 7) is 5.52. The largest absolute Gasteiger partial charge is 0.484 e. The summed E-state index contributed by atoms with van der Waals surface area (Å²) in [5.41, 5.74) is 5.89. The fourth-order valence-electron chi connectivity index (χ4n) is 2.41. The minimum absolute atomic E-state index is 0.0176. The highest BCUT2D eigenvalue weighted by Crippen LogP contribution is 2.40. The first-order valence-corrected chi connectivity index (χ1v) is 7.68. The van der Waals surface area contributed by atoms with Crippen molar-refractivity contribution in [2.24, 2.45) is 5.92 Å². The predicted octanol–water partition coefficient (Wildman–Crippen LogP) is 1.47. The van der Waals surface area contributed by atoms with Gasteiger partial charge in [-0.15, -0.1) is 0 Å². The third-order valence-electron chi connectivity index (χ3n) is 3.34. The number of ether oxygens (including phenoxy) is 1. The number of nitrogen functional groups attached to an aromatic ring is 1. The molecule has 1 saturated heterocycles. The second-order valence-electron chi connectivity index (χ2n) is 5.27. The SMILES string of the molecule is CNC(=O)C1CCCN(c2snc(N)c2OC(C)C)C1. The van der Waals surface area contributed by atoms with Crippen LogP contribution in [0.1, 0.15) is 26.7 Å². The van der Waals surface area contributed by atoms with Crippen LogP contribution in [-0.4, -0.2) is 36.5 Å². The zero-order valence-electron chi connectivity index (χ0n) is 12.2. The summed E-state index contributed by atoms with van der Waals surface area (Å²) >= 11 is 1.34. The van der Waals surface area contributed by atoms with Gasteiger partial charge in [0.2, 0.25) is 5.91 Å². The summed E-state index contributed by atoms with van der Waals surface area (Å²) in [5.74, 6) is 1.20. The Balaban J connectivity index is 2.16. The van der Waals surface area contributed by atoms with Gasteiger partial charge in [-0.05, 0) is 38.2 Å². The van der Waals surface area contributed by atoms with Crippen LogP contribution in [0.2, 0.25) is 0 Å². The molecular weight excluding hydrogens is 276 g/mol. The molecule has 0 aromatic carbocycles. The fraction of sp³-hybridized carbons (Fsp3) is 0.692. The first-order valence-electron chi connectivity index (χ1n) is 6.91. The lowest BCUT2D eigenvalue weighted by Crippen LogP contribution is -2.42. The Morgan fingerprint density at radius 3 is 3.00 bits per heavy atom. The van der Waals surface area contributed by atoms with E-state index in [4.69, 9.17) is 10.5 Å². The van der Waals surface area contributed by atoms with Crippen molar-refractivity contribution in [3.63, 3.8) is 0 Å². The molecule has 0 spiro atoms. The number of nitrogens with one attached hydrogen (secondary N) is 1. The molecule has 1 fully saturated rings. The fourth-order valence-corrected chi connectivity index (χ4v) is 3.20. The van der Waals surface area contributed by atoms with E-state index in [2.05, 4.69) is 14.6 Å². The summed E-state index contributed by atoms with van der Waals surface area (Å²) in [7, 11) is 1.68. The number of piperidine rings is 1. The van der Waals surface area contributed by atoms with Gasteiger partial charge < -0.3 is 20.7 Å². The lowest BCUT2D eigenvalue weighted by molar-refractivity contribution is -0.124. The maximum absolute atomic E-state index is 11.8. The van der Waals surface area contributed by atoms with Crippen LogP contribution in [0.15, 0.2) is 0 Å². The third-order valence-corrected chi connectivity index (χ3v) is 4.24. The molecule has 0 radical (unpaired) electrons. The number of nitrogens with zero attached hydrogens (tertiary/aromatic N) is 2. The van der Waals surface area contributed by atoms with Crippen molar-refractivity contribution in [1.82, 2.24) is 9.69 Å². The molecule has 2 heterocycles. The zero-order valence-corrected chi connectivity index (χ0v) is 13.0. The van der Waals surface area contributed by atoms with E-state index < -0.39 is 0 Å². The van der Waals surface area contributed by atoms with Gasteiger partial charge in [0.15, 0.2) is 16.6 Å². The molecule has 112 valence electrons. The summed E-state index contributed by atoms with van der Waals surface area (Å²) in [6, 6.07) is 0. The second-order valence-corrected chi connectivity index (χ2v) is 6.02. The number of carbonyl (C=O) groups is 1. The van der Waals surface area contributed by atoms with E-state index in [1.165, 1.54) is 11.5 Å². The van der Waals surface area contributed by atoms with Crippen LogP contribution in [-0.2, 0) is 4.79 Å². The summed E-state index contributed by atoms with van der Waals surface area (Å²) < 4.78 is 9.96. The Kier molecular flexibility index (Phi) is 4.69. The molecule has 1 aromatic heterocycles. The van der Waals surface area contributed by atoms with Crippen LogP contribution in [0, 0.1) is 5.92 Å². The van der Waals surface area contributed by atoms with E-state index in [-0.39, 0.29) is 17.9 Å². The lowest BCUT2D eigenvalue weighted by atomic mass is 9.97. The Bertz CT molecular complexity index is 475. The highest BCUT2D eigenvalue weighted by Gasteiger charge is 2.29. The van der Waals surface area contributed by atoms with Crippen LogP contribution in [0.3, 0.4) is 0 Å². The first kappa shape index (κ1) is 14.9. The van der Waals surface area contributed by atoms with E-state index in [0.29, 0.717) is 18.1 Å². The lowest BCUT2D eigenvalue weighted by Gasteiger charge is -2.32. The average Bonchev–Trinajstić information content (AvgIpc) is 2.79. The molecule has 1 amide bonds. The first-order chi connectivity index (χ1) is 9.52. The Hall–Kier alpha value is -1.50. The standard InChI is InChI=1S/C13H22N4O2S/c1-8(2)19-10-11(14)16-20-13(10)17-6-4-5-9(7-17)12(18)15-3/h8-9H,4-7H2,1-3H3,(H2,14,16)(H,15,18). The molecular formula is C13H22N4O2S. The molecule has 6 nitrogen and oxygen atoms in total. The molecule has 1 unspecified atom stereocenters. The molecule has 0 saturated carbocycles. The number of amides is 1. The molecule has 3 N–H and O–H groups in total. The number of aromatic nitrogens is 1. The van der Waals surface area contributed by atoms with Gasteiger partial charge in [0.05, 0.1) is 12.0 Å². The van der Waals surface area contributed by atoms with E-state index in [0.717, 1.165) is 24.4 Å². The van der Waals surface area contributed by atoms with Crippen LogP contribution < -0.4 is 20.7 Å². The normalized spacial score (nSPS) is 19.2. The van der Waals surface area contributed by atoms with Gasteiger partial charge in [-0.25, -0.2) is 0 Å². The molecule has 1 atom stereocenters. The molecule has 7 heteroatoms. The number of rotatable bonds is 4. The number of hydrogen-bond acceptors (Lipinski definition) is 6. The van der Waals surface area contributed by atoms with Crippen molar-refractivity contribution in [3.8, 4) is 5.75 Å². The average molecular weight is 298 g/mol. The quantitative estimate of drug-likeness (QED) is 0.880. The minimum atomic E-state index is 0.0176. The Morgan fingerprint density at radius 2 is 2.35 bits per heavy atom. The van der Waals surface area contributed by atoms with Crippen LogP contribution in [0.4, 0.5) is 10.8 Å². The molecule has 0 aliphatic carbocycles. The van der Waals surface area contributed by atoms with Gasteiger partial charge in [0, 0.05) is 20.1 Å². The highest BCUT2D eigenvalue weighted by molar-refractivity contribution is 7.11. The number of carbonyl (C=O) groups excluding carboxylic acids is 1. The number of anilines is 2. The van der Waals surface area contributed by atoms with Gasteiger partial charge in [0.1, 0.15) is 0 Å². The van der Waals surface area contributed by atoms with Crippen molar-refractivity contribution in [2.75, 3.05) is 30.8 Å². The highest BCUT2D eigenvalue weighted by atomic mass is 32.1. The van der Waals surface area contributed by atoms with Crippen LogP contribution >= 0.6 is 11.5 Å². The molecule has 1 aliphatic rings. The molecule has 2 rings (SSSR count). The number of hydrogen-bond donors (Lipinski definition) is 2. The molecule has 1 aliphatic heterocycles. The van der Waals surface area contributed by atoms with Gasteiger partial charge in [0.25, 0.3) is 0 Å². The van der Waals surface area contributed by atoms with Gasteiger partial charge >= 0.3 is 0 Å². The Labute approximate surface area is 123 Å². The van der Waals surface area contributed by atoms with Gasteiger partial charge in [-0.2, -0.15) is 4.37 Å². The topological polar surface area (TPSA) is 80.5 Å². The summed E-state index contributed by atoms with van der Waals surface area (Å²) in [6.07, 6.45) is 1.95. The molecule has 1 aromatic rings. The van der Waals surface area contributed by atoms with Crippen LogP contribution in [0.25, 0.3) is 0 Å². The maximum Gasteiger partial charge on any atom is 0.224 e. The minimum Gasteiger partial charge on any atom is -0.484 e. The maximum atomic E-state index is 11.8. The van der Waals surface area contributed by atoms with Crippen molar-refractivity contribution in [1.29, 1.82) is 0 Å². The second kappa shape index (κ2) is 6.30. The van der Waals surface area contributed by atoms with E-state index >= 15 is 0 Å². The molecule has 0 bridgehead atoms. The van der Waals surface area contributed by atoms with Crippen molar-refractivity contribution >= 4 is 28.3 Å². The van der Waals surface area contributed by atoms with Gasteiger partial charge in [-0.3, -0.25) is 4.79 Å². The van der Waals surface area contributed by atoms with Crippen LogP contribution in [0.5, 0.6) is 5.75 Å². The van der Waals surface area contributed by atoms with E-state index in [1.807, 2.05) is 13.8 Å². The van der Waals surface area contributed by atoms with E-state index in [1.54, 1.807) is 7.05 Å². The Morgan fingerprint density at radius 1 is 1.60 bits per heavy atom. The summed E-state index contributed by atoms with van der Waals surface area (Å²) in [4.78, 5) is 14.0. The molecule has 20 heavy (non-hydrogen) atoms. The van der Waals surface area contributed by atoms with E-state index in [9.17, 15) is 4.79 Å². The van der Waals surface area contributed by atoms with Crippen molar-refractivity contribution in [2.45, 2.75) is 32.8 Å².